The van der Waals surface area contributed by atoms with Crippen LogP contribution in [0.2, 0.25) is 0 Å². The van der Waals surface area contributed by atoms with E-state index in [1.54, 1.807) is 7.11 Å². The third-order valence-corrected chi connectivity index (χ3v) is 7.67. The normalized spacial score (nSPS) is 14.4. The number of nitro benzene ring substituents is 1. The number of carbonyl (C=O) groups is 1. The summed E-state index contributed by atoms with van der Waals surface area (Å²) in [6.45, 7) is 1.73. The second-order valence-electron chi connectivity index (χ2n) is 7.85. The molecule has 182 valence electrons. The lowest BCUT2D eigenvalue weighted by molar-refractivity contribution is -0.384. The molecule has 0 bridgehead atoms. The maximum absolute atomic E-state index is 13.1. The van der Waals surface area contributed by atoms with Gasteiger partial charge in [0.25, 0.3) is 11.6 Å². The average molecular weight is 497 g/mol. The van der Waals surface area contributed by atoms with E-state index in [-0.39, 0.29) is 16.1 Å². The molecule has 1 amide bonds. The van der Waals surface area contributed by atoms with E-state index in [1.807, 2.05) is 24.3 Å². The van der Waals surface area contributed by atoms with E-state index in [2.05, 4.69) is 10.2 Å². The van der Waals surface area contributed by atoms with Crippen LogP contribution < -0.4 is 15.0 Å². The predicted molar refractivity (Wildman–Crippen MR) is 131 cm³/mol. The molecule has 1 heterocycles. The number of benzene rings is 3. The lowest BCUT2D eigenvalue weighted by Crippen LogP contribution is -2.48. The van der Waals surface area contributed by atoms with Crippen molar-refractivity contribution in [2.24, 2.45) is 0 Å². The maximum Gasteiger partial charge on any atom is 0.269 e. The van der Waals surface area contributed by atoms with Crippen molar-refractivity contribution in [3.8, 4) is 5.75 Å². The van der Waals surface area contributed by atoms with E-state index in [0.29, 0.717) is 31.9 Å². The van der Waals surface area contributed by atoms with Crippen molar-refractivity contribution in [3.05, 3.63) is 88.5 Å². The highest BCUT2D eigenvalue weighted by Crippen LogP contribution is 2.29. The van der Waals surface area contributed by atoms with Crippen LogP contribution in [0.4, 0.5) is 17.1 Å². The molecule has 0 unspecified atom stereocenters. The molecule has 0 atom stereocenters. The molecule has 35 heavy (non-hydrogen) atoms. The van der Waals surface area contributed by atoms with Gasteiger partial charge in [0.1, 0.15) is 5.75 Å². The van der Waals surface area contributed by atoms with Crippen molar-refractivity contribution < 1.29 is 22.9 Å². The Morgan fingerprint density at radius 3 is 2.17 bits per heavy atom. The largest absolute Gasteiger partial charge is 0.495 e. The van der Waals surface area contributed by atoms with Gasteiger partial charge in [0, 0.05) is 49.6 Å². The van der Waals surface area contributed by atoms with Crippen LogP contribution in [-0.4, -0.2) is 56.8 Å². The van der Waals surface area contributed by atoms with E-state index in [0.717, 1.165) is 11.4 Å². The van der Waals surface area contributed by atoms with Crippen molar-refractivity contribution >= 4 is 33.0 Å². The molecule has 0 saturated carbocycles. The minimum absolute atomic E-state index is 0.111. The van der Waals surface area contributed by atoms with E-state index in [9.17, 15) is 23.3 Å². The molecular weight excluding hydrogens is 472 g/mol. The van der Waals surface area contributed by atoms with Crippen molar-refractivity contribution in [3.63, 3.8) is 0 Å². The summed E-state index contributed by atoms with van der Waals surface area (Å²) in [6.07, 6.45) is 0. The fourth-order valence-corrected chi connectivity index (χ4v) is 5.28. The molecule has 4 rings (SSSR count). The summed E-state index contributed by atoms with van der Waals surface area (Å²) in [6, 6.07) is 18.8. The summed E-state index contributed by atoms with van der Waals surface area (Å²) in [5.41, 5.74) is 1.48. The molecule has 1 fully saturated rings. The zero-order chi connectivity index (χ0) is 25.0. The van der Waals surface area contributed by atoms with Gasteiger partial charge in [-0.25, -0.2) is 8.42 Å². The Bertz CT molecular complexity index is 1320. The first kappa shape index (κ1) is 24.2. The van der Waals surface area contributed by atoms with Gasteiger partial charge >= 0.3 is 0 Å². The maximum atomic E-state index is 13.1. The minimum Gasteiger partial charge on any atom is -0.495 e. The number of rotatable bonds is 7. The number of para-hydroxylation sites is 2. The molecule has 3 aromatic carbocycles. The molecule has 10 nitrogen and oxygen atoms in total. The van der Waals surface area contributed by atoms with E-state index in [4.69, 9.17) is 4.74 Å². The van der Waals surface area contributed by atoms with Gasteiger partial charge in [-0.1, -0.05) is 12.1 Å². The highest BCUT2D eigenvalue weighted by Gasteiger charge is 2.29. The first-order valence-corrected chi connectivity index (χ1v) is 12.3. The SMILES string of the molecule is COc1ccccc1N1CCN(S(=O)(=O)c2ccc(NC(=O)c3ccc([N+](=O)[O-])cc3)cc2)CC1. The number of non-ortho nitro benzene ring substituents is 1. The average Bonchev–Trinajstić information content (AvgIpc) is 2.89. The fourth-order valence-electron chi connectivity index (χ4n) is 3.86. The number of nitrogens with zero attached hydrogens (tertiary/aromatic N) is 3. The molecule has 1 aliphatic rings. The van der Waals surface area contributed by atoms with Gasteiger partial charge < -0.3 is 15.0 Å². The number of anilines is 2. The first-order chi connectivity index (χ1) is 16.8. The molecule has 1 N–H and O–H groups in total. The van der Waals surface area contributed by atoms with Crippen molar-refractivity contribution in [2.75, 3.05) is 43.5 Å². The number of sulfonamides is 1. The highest BCUT2D eigenvalue weighted by atomic mass is 32.2. The number of hydrogen-bond acceptors (Lipinski definition) is 7. The summed E-state index contributed by atoms with van der Waals surface area (Å²) in [5.74, 6) is 0.290. The Morgan fingerprint density at radius 1 is 0.943 bits per heavy atom. The molecule has 3 aromatic rings. The van der Waals surface area contributed by atoms with Crippen LogP contribution in [0, 0.1) is 10.1 Å². The molecule has 1 saturated heterocycles. The van der Waals surface area contributed by atoms with Crippen LogP contribution in [0.1, 0.15) is 10.4 Å². The van der Waals surface area contributed by atoms with Crippen molar-refractivity contribution in [1.82, 2.24) is 4.31 Å². The molecule has 0 aliphatic carbocycles. The Morgan fingerprint density at radius 2 is 1.57 bits per heavy atom. The van der Waals surface area contributed by atoms with Crippen LogP contribution >= 0.6 is 0 Å². The number of methoxy groups -OCH3 is 1. The summed E-state index contributed by atoms with van der Waals surface area (Å²) < 4.78 is 33.1. The molecule has 0 radical (unpaired) electrons. The molecule has 11 heteroatoms. The molecule has 0 spiro atoms. The molecular formula is C24H24N4O6S. The number of ether oxygens (including phenoxy) is 1. The standard InChI is InChI=1S/C24H24N4O6S/c1-34-23-5-3-2-4-22(23)26-14-16-27(17-15-26)35(32,33)21-12-8-19(9-13-21)25-24(29)18-6-10-20(11-7-18)28(30)31/h2-13H,14-17H2,1H3,(H,25,29). The minimum atomic E-state index is -3.69. The quantitative estimate of drug-likeness (QED) is 0.393. The van der Waals surface area contributed by atoms with Crippen molar-refractivity contribution in [2.45, 2.75) is 4.90 Å². The van der Waals surface area contributed by atoms with Gasteiger partial charge in [-0.2, -0.15) is 4.31 Å². The summed E-state index contributed by atoms with van der Waals surface area (Å²) in [7, 11) is -2.09. The van der Waals surface area contributed by atoms with E-state index < -0.39 is 20.9 Å². The second kappa shape index (κ2) is 10.1. The number of nitrogens with one attached hydrogen (secondary N) is 1. The lowest BCUT2D eigenvalue weighted by Gasteiger charge is -2.35. The number of hydrogen-bond donors (Lipinski definition) is 1. The van der Waals surface area contributed by atoms with Gasteiger partial charge in [0.05, 0.1) is 22.6 Å². The summed E-state index contributed by atoms with van der Waals surface area (Å²) in [4.78, 5) is 24.8. The predicted octanol–water partition coefficient (Wildman–Crippen LogP) is 3.37. The second-order valence-corrected chi connectivity index (χ2v) is 9.78. The van der Waals surface area contributed by atoms with Gasteiger partial charge in [0.2, 0.25) is 10.0 Å². The van der Waals surface area contributed by atoms with Crippen LogP contribution in [0.15, 0.2) is 77.7 Å². The Labute approximate surface area is 202 Å². The number of piperazine rings is 1. The van der Waals surface area contributed by atoms with E-state index >= 15 is 0 Å². The topological polar surface area (TPSA) is 122 Å². The number of carbonyl (C=O) groups excluding carboxylic acids is 1. The van der Waals surface area contributed by atoms with Gasteiger partial charge in [-0.15, -0.1) is 0 Å². The third-order valence-electron chi connectivity index (χ3n) is 5.75. The number of amides is 1. The van der Waals surface area contributed by atoms with E-state index in [1.165, 1.54) is 52.8 Å². The van der Waals surface area contributed by atoms with Crippen LogP contribution in [0.3, 0.4) is 0 Å². The highest BCUT2D eigenvalue weighted by molar-refractivity contribution is 7.89. The van der Waals surface area contributed by atoms with Crippen molar-refractivity contribution in [1.29, 1.82) is 0 Å². The fraction of sp³-hybridized carbons (Fsp3) is 0.208. The summed E-state index contributed by atoms with van der Waals surface area (Å²) in [5, 5.41) is 13.4. The van der Waals surface area contributed by atoms with Crippen LogP contribution in [0.5, 0.6) is 5.75 Å². The monoisotopic (exact) mass is 496 g/mol. The Kier molecular flexibility index (Phi) is 6.99. The third kappa shape index (κ3) is 5.26. The lowest BCUT2D eigenvalue weighted by atomic mass is 10.2. The van der Waals surface area contributed by atoms with Crippen LogP contribution in [-0.2, 0) is 10.0 Å². The Balaban J connectivity index is 1.39. The van der Waals surface area contributed by atoms with Gasteiger partial charge in [-0.3, -0.25) is 14.9 Å². The van der Waals surface area contributed by atoms with Crippen LogP contribution in [0.25, 0.3) is 0 Å². The molecule has 0 aromatic heterocycles. The van der Waals surface area contributed by atoms with Gasteiger partial charge in [0.15, 0.2) is 0 Å². The van der Waals surface area contributed by atoms with Gasteiger partial charge in [-0.05, 0) is 48.5 Å². The first-order valence-electron chi connectivity index (χ1n) is 10.8. The smallest absolute Gasteiger partial charge is 0.269 e. The summed E-state index contributed by atoms with van der Waals surface area (Å²) >= 11 is 0. The number of nitro groups is 1. The molecule has 1 aliphatic heterocycles. The zero-order valence-electron chi connectivity index (χ0n) is 19.0. The Hall–Kier alpha value is -3.96. The zero-order valence-corrected chi connectivity index (χ0v) is 19.8.